The highest BCUT2D eigenvalue weighted by atomic mass is 32.2. The maximum absolute atomic E-state index is 12.2. The molecule has 0 aromatic heterocycles. The van der Waals surface area contributed by atoms with Gasteiger partial charge in [-0.2, -0.15) is 11.8 Å². The molecule has 1 saturated heterocycles. The highest BCUT2D eigenvalue weighted by Gasteiger charge is 2.28. The van der Waals surface area contributed by atoms with Crippen molar-refractivity contribution in [2.75, 3.05) is 31.1 Å². The van der Waals surface area contributed by atoms with E-state index < -0.39 is 5.97 Å². The number of hydrogen-bond acceptors (Lipinski definition) is 5. The lowest BCUT2D eigenvalue weighted by atomic mass is 10.1. The Kier molecular flexibility index (Phi) is 8.46. The summed E-state index contributed by atoms with van der Waals surface area (Å²) in [5.74, 6) is -0.141. The molecule has 0 aliphatic carbocycles. The second-order valence-corrected chi connectivity index (χ2v) is 6.40. The van der Waals surface area contributed by atoms with Crippen LogP contribution in [0.15, 0.2) is 0 Å². The van der Waals surface area contributed by atoms with Gasteiger partial charge in [-0.1, -0.05) is 0 Å². The monoisotopic (exact) mass is 345 g/mol. The Morgan fingerprint density at radius 1 is 1.17 bits per heavy atom. The van der Waals surface area contributed by atoms with Crippen molar-refractivity contribution < 1.29 is 24.3 Å². The molecule has 0 saturated carbocycles. The molecule has 0 radical (unpaired) electrons. The predicted octanol–water partition coefficient (Wildman–Crippen LogP) is -0.562. The van der Waals surface area contributed by atoms with Gasteiger partial charge < -0.3 is 20.6 Å². The molecule has 3 N–H and O–H groups in total. The van der Waals surface area contributed by atoms with Crippen molar-refractivity contribution >= 4 is 35.5 Å². The van der Waals surface area contributed by atoms with E-state index in [0.717, 1.165) is 5.75 Å². The minimum Gasteiger partial charge on any atom is -0.481 e. The van der Waals surface area contributed by atoms with E-state index in [4.69, 9.17) is 5.11 Å². The molecule has 0 bridgehead atoms. The van der Waals surface area contributed by atoms with Gasteiger partial charge in [0.15, 0.2) is 0 Å². The van der Waals surface area contributed by atoms with Gasteiger partial charge in [-0.3, -0.25) is 19.2 Å². The van der Waals surface area contributed by atoms with Crippen LogP contribution in [0, 0.1) is 0 Å². The van der Waals surface area contributed by atoms with Gasteiger partial charge in [0.25, 0.3) is 0 Å². The lowest BCUT2D eigenvalue weighted by Gasteiger charge is -2.34. The van der Waals surface area contributed by atoms with Crippen molar-refractivity contribution in [1.82, 2.24) is 15.5 Å². The molecule has 23 heavy (non-hydrogen) atoms. The van der Waals surface area contributed by atoms with Crippen LogP contribution in [-0.4, -0.2) is 70.9 Å². The Balaban J connectivity index is 2.31. The van der Waals surface area contributed by atoms with Crippen LogP contribution in [0.4, 0.5) is 0 Å². The largest absolute Gasteiger partial charge is 0.481 e. The third kappa shape index (κ3) is 7.87. The van der Waals surface area contributed by atoms with Crippen LogP contribution in [0.5, 0.6) is 0 Å². The molecule has 0 aromatic carbocycles. The predicted molar refractivity (Wildman–Crippen MR) is 86.0 cm³/mol. The fourth-order valence-electron chi connectivity index (χ4n) is 2.25. The molecule has 1 heterocycles. The first-order valence-corrected chi connectivity index (χ1v) is 8.65. The third-order valence-corrected chi connectivity index (χ3v) is 4.44. The molecule has 1 unspecified atom stereocenters. The average molecular weight is 345 g/mol. The Labute approximate surface area is 139 Å². The first kappa shape index (κ1) is 19.3. The highest BCUT2D eigenvalue weighted by molar-refractivity contribution is 7.99. The minimum atomic E-state index is -0.925. The molecular formula is C14H23N3O5S. The fraction of sp³-hybridized carbons (Fsp3) is 0.714. The van der Waals surface area contributed by atoms with Crippen LogP contribution in [0.25, 0.3) is 0 Å². The molecule has 1 fully saturated rings. The standard InChI is InChI=1S/C14H23N3O5S/c1-10(18)15-4-5-16-12(19)2-3-13(20)17-6-7-23-9-11(17)8-14(21)22/h11H,2-9H2,1H3,(H,15,18)(H,16,19)(H,21,22). The Morgan fingerprint density at radius 2 is 1.87 bits per heavy atom. The summed E-state index contributed by atoms with van der Waals surface area (Å²) in [6, 6.07) is -0.304. The average Bonchev–Trinajstić information content (AvgIpc) is 2.49. The number of carboxylic acid groups (broad SMARTS) is 1. The second-order valence-electron chi connectivity index (χ2n) is 5.25. The Hall–Kier alpha value is -1.77. The number of hydrogen-bond donors (Lipinski definition) is 3. The smallest absolute Gasteiger partial charge is 0.305 e. The molecule has 9 heteroatoms. The van der Waals surface area contributed by atoms with Crippen LogP contribution in [0.2, 0.25) is 0 Å². The number of rotatable bonds is 8. The number of amides is 3. The second kappa shape index (κ2) is 10.1. The zero-order chi connectivity index (χ0) is 17.2. The summed E-state index contributed by atoms with van der Waals surface area (Å²) in [6.07, 6.45) is 0.0523. The van der Waals surface area contributed by atoms with E-state index >= 15 is 0 Å². The summed E-state index contributed by atoms with van der Waals surface area (Å²) in [6.45, 7) is 2.57. The molecule has 1 aliphatic rings. The maximum Gasteiger partial charge on any atom is 0.305 e. The van der Waals surface area contributed by atoms with E-state index in [1.807, 2.05) is 0 Å². The van der Waals surface area contributed by atoms with Crippen LogP contribution < -0.4 is 10.6 Å². The van der Waals surface area contributed by atoms with Crippen molar-refractivity contribution in [1.29, 1.82) is 0 Å². The zero-order valence-electron chi connectivity index (χ0n) is 13.2. The van der Waals surface area contributed by atoms with E-state index in [9.17, 15) is 19.2 Å². The first-order valence-electron chi connectivity index (χ1n) is 7.50. The summed E-state index contributed by atoms with van der Waals surface area (Å²) in [5, 5.41) is 14.1. The van der Waals surface area contributed by atoms with Crippen LogP contribution in [-0.2, 0) is 19.2 Å². The van der Waals surface area contributed by atoms with Gasteiger partial charge in [-0.05, 0) is 0 Å². The topological polar surface area (TPSA) is 116 Å². The number of thioether (sulfide) groups is 1. The number of carboxylic acids is 1. The maximum atomic E-state index is 12.2. The number of aliphatic carboxylic acids is 1. The fourth-order valence-corrected chi connectivity index (χ4v) is 3.31. The summed E-state index contributed by atoms with van der Waals surface area (Å²) in [5.41, 5.74) is 0. The molecule has 3 amide bonds. The first-order chi connectivity index (χ1) is 10.9. The molecule has 8 nitrogen and oxygen atoms in total. The number of nitrogens with zero attached hydrogens (tertiary/aromatic N) is 1. The van der Waals surface area contributed by atoms with Crippen molar-refractivity contribution in [2.24, 2.45) is 0 Å². The summed E-state index contributed by atoms with van der Waals surface area (Å²) >= 11 is 1.64. The van der Waals surface area contributed by atoms with Crippen molar-refractivity contribution in [3.05, 3.63) is 0 Å². The van der Waals surface area contributed by atoms with E-state index in [-0.39, 0.29) is 43.0 Å². The lowest BCUT2D eigenvalue weighted by molar-refractivity contribution is -0.141. The van der Waals surface area contributed by atoms with Gasteiger partial charge in [0.1, 0.15) is 0 Å². The third-order valence-electron chi connectivity index (χ3n) is 3.35. The normalized spacial score (nSPS) is 17.4. The van der Waals surface area contributed by atoms with Gasteiger partial charge in [0, 0.05) is 50.9 Å². The molecule has 1 rings (SSSR count). The molecule has 130 valence electrons. The van der Waals surface area contributed by atoms with E-state index in [1.54, 1.807) is 16.7 Å². The molecular weight excluding hydrogens is 322 g/mol. The molecule has 1 atom stereocenters. The van der Waals surface area contributed by atoms with E-state index in [0.29, 0.717) is 25.4 Å². The molecule has 1 aliphatic heterocycles. The van der Waals surface area contributed by atoms with Gasteiger partial charge in [0.05, 0.1) is 12.5 Å². The summed E-state index contributed by atoms with van der Waals surface area (Å²) in [4.78, 5) is 46.9. The quantitative estimate of drug-likeness (QED) is 0.508. The lowest BCUT2D eigenvalue weighted by Crippen LogP contribution is -2.47. The van der Waals surface area contributed by atoms with Gasteiger partial charge in [-0.25, -0.2) is 0 Å². The Bertz CT molecular complexity index is 458. The number of carbonyl (C=O) groups is 4. The van der Waals surface area contributed by atoms with Crippen LogP contribution >= 0.6 is 11.8 Å². The SMILES string of the molecule is CC(=O)NCCNC(=O)CCC(=O)N1CCSCC1CC(=O)O. The molecule has 0 aromatic rings. The summed E-state index contributed by atoms with van der Waals surface area (Å²) in [7, 11) is 0. The highest BCUT2D eigenvalue weighted by Crippen LogP contribution is 2.20. The Morgan fingerprint density at radius 3 is 2.52 bits per heavy atom. The van der Waals surface area contributed by atoms with Gasteiger partial charge in [0.2, 0.25) is 17.7 Å². The summed E-state index contributed by atoms with van der Waals surface area (Å²) < 4.78 is 0. The van der Waals surface area contributed by atoms with Crippen LogP contribution in [0.1, 0.15) is 26.2 Å². The van der Waals surface area contributed by atoms with E-state index in [1.165, 1.54) is 6.92 Å². The van der Waals surface area contributed by atoms with Gasteiger partial charge in [-0.15, -0.1) is 0 Å². The zero-order valence-corrected chi connectivity index (χ0v) is 14.0. The van der Waals surface area contributed by atoms with E-state index in [2.05, 4.69) is 10.6 Å². The van der Waals surface area contributed by atoms with Gasteiger partial charge >= 0.3 is 5.97 Å². The minimum absolute atomic E-state index is 0.0579. The van der Waals surface area contributed by atoms with Crippen molar-refractivity contribution in [2.45, 2.75) is 32.2 Å². The van der Waals surface area contributed by atoms with Crippen molar-refractivity contribution in [3.63, 3.8) is 0 Å². The number of nitrogens with one attached hydrogen (secondary N) is 2. The molecule has 0 spiro atoms. The van der Waals surface area contributed by atoms with Crippen LogP contribution in [0.3, 0.4) is 0 Å². The van der Waals surface area contributed by atoms with Crippen molar-refractivity contribution in [3.8, 4) is 0 Å². The number of carbonyl (C=O) groups excluding carboxylic acids is 3.